The van der Waals surface area contributed by atoms with E-state index >= 15 is 0 Å². The van der Waals surface area contributed by atoms with Crippen LogP contribution in [0.4, 0.5) is 27.6 Å². The van der Waals surface area contributed by atoms with E-state index in [0.717, 1.165) is 6.20 Å². The molecule has 0 bridgehead atoms. The summed E-state index contributed by atoms with van der Waals surface area (Å²) >= 11 is 0. The van der Waals surface area contributed by atoms with Crippen molar-refractivity contribution in [2.24, 2.45) is 7.05 Å². The minimum Gasteiger partial charge on any atom is -0.299 e. The van der Waals surface area contributed by atoms with Crippen LogP contribution in [0.1, 0.15) is 6.42 Å². The van der Waals surface area contributed by atoms with Gasteiger partial charge < -0.3 is 0 Å². The average Bonchev–Trinajstić information content (AvgIpc) is 2.72. The summed E-state index contributed by atoms with van der Waals surface area (Å²) in [6, 6.07) is -1.29. The van der Waals surface area contributed by atoms with Crippen LogP contribution < -0.4 is 4.90 Å². The van der Waals surface area contributed by atoms with Crippen LogP contribution in [-0.4, -0.2) is 58.9 Å². The molecule has 1 atom stereocenters. The highest BCUT2D eigenvalue weighted by Crippen LogP contribution is 2.33. The number of anilines is 1. The lowest BCUT2D eigenvalue weighted by molar-refractivity contribution is -0.172. The molecule has 2 rings (SSSR count). The minimum absolute atomic E-state index is 0.0771. The quantitative estimate of drug-likeness (QED) is 0.776. The van der Waals surface area contributed by atoms with E-state index in [9.17, 15) is 26.7 Å². The smallest absolute Gasteiger partial charge is 0.299 e. The monoisotopic (exact) mass is 326 g/mol. The fourth-order valence-corrected chi connectivity index (χ4v) is 2.63. The molecule has 0 radical (unpaired) electrons. The first-order valence-corrected chi connectivity index (χ1v) is 6.45. The van der Waals surface area contributed by atoms with Crippen molar-refractivity contribution < 1.29 is 26.7 Å². The minimum atomic E-state index is -5.15. The molecular weight excluding hydrogens is 311 g/mol. The van der Waals surface area contributed by atoms with Gasteiger partial charge in [0.1, 0.15) is 0 Å². The van der Waals surface area contributed by atoms with E-state index in [1.165, 1.54) is 29.9 Å². The highest BCUT2D eigenvalue weighted by molar-refractivity contribution is 5.97. The van der Waals surface area contributed by atoms with Crippen molar-refractivity contribution in [1.29, 1.82) is 0 Å². The van der Waals surface area contributed by atoms with E-state index in [4.69, 9.17) is 0 Å². The summed E-state index contributed by atoms with van der Waals surface area (Å²) in [6.45, 7) is -0.628. The van der Waals surface area contributed by atoms with Crippen LogP contribution in [0.15, 0.2) is 12.4 Å². The van der Waals surface area contributed by atoms with Gasteiger partial charge >= 0.3 is 12.1 Å². The maximum absolute atomic E-state index is 13.7. The van der Waals surface area contributed by atoms with Gasteiger partial charge in [-0.25, -0.2) is 8.78 Å². The zero-order chi connectivity index (χ0) is 16.7. The van der Waals surface area contributed by atoms with Crippen LogP contribution in [0.5, 0.6) is 0 Å². The van der Waals surface area contributed by atoms with Crippen molar-refractivity contribution in [1.82, 2.24) is 14.7 Å². The Bertz CT molecular complexity index is 556. The van der Waals surface area contributed by atoms with Crippen LogP contribution in [0.25, 0.3) is 0 Å². The number of nitrogens with zero attached hydrogens (tertiary/aromatic N) is 4. The Labute approximate surface area is 123 Å². The number of aryl methyl sites for hydroxylation is 1. The highest BCUT2D eigenvalue weighted by atomic mass is 19.4. The molecule has 1 saturated heterocycles. The number of hydrogen-bond donors (Lipinski definition) is 0. The predicted octanol–water partition coefficient (Wildman–Crippen LogP) is 1.65. The Kier molecular flexibility index (Phi) is 4.16. The third kappa shape index (κ3) is 3.54. The van der Waals surface area contributed by atoms with Gasteiger partial charge in [-0.1, -0.05) is 0 Å². The first-order chi connectivity index (χ1) is 9.99. The molecule has 1 aromatic rings. The van der Waals surface area contributed by atoms with Gasteiger partial charge in [0.25, 0.3) is 5.92 Å². The van der Waals surface area contributed by atoms with Crippen molar-refractivity contribution in [3.05, 3.63) is 12.4 Å². The molecular formula is C12H15F5N4O. The summed E-state index contributed by atoms with van der Waals surface area (Å²) in [7, 11) is 2.83. The number of carbonyl (C=O) groups excluding carboxylic acids is 1. The molecule has 10 heteroatoms. The molecule has 124 valence electrons. The molecule has 1 aliphatic heterocycles. The lowest BCUT2D eigenvalue weighted by atomic mass is 10.0. The molecule has 1 unspecified atom stereocenters. The molecule has 0 saturated carbocycles. The van der Waals surface area contributed by atoms with Gasteiger partial charge in [-0.05, 0) is 7.05 Å². The number of hydrogen-bond acceptors (Lipinski definition) is 3. The summed E-state index contributed by atoms with van der Waals surface area (Å²) in [5.74, 6) is -5.33. The summed E-state index contributed by atoms with van der Waals surface area (Å²) in [4.78, 5) is 13.3. The van der Waals surface area contributed by atoms with Crippen LogP contribution in [0.2, 0.25) is 0 Å². The van der Waals surface area contributed by atoms with E-state index in [-0.39, 0.29) is 12.2 Å². The molecule has 0 spiro atoms. The fraction of sp³-hybridized carbons (Fsp3) is 0.667. The van der Waals surface area contributed by atoms with E-state index in [1.54, 1.807) is 0 Å². The molecule has 0 aliphatic carbocycles. The summed E-state index contributed by atoms with van der Waals surface area (Å²) < 4.78 is 67.0. The maximum atomic E-state index is 13.7. The highest BCUT2D eigenvalue weighted by Gasteiger charge is 2.49. The number of aromatic nitrogens is 2. The average molecular weight is 326 g/mol. The Morgan fingerprint density at radius 2 is 2.05 bits per heavy atom. The van der Waals surface area contributed by atoms with E-state index in [1.807, 2.05) is 0 Å². The molecule has 22 heavy (non-hydrogen) atoms. The second kappa shape index (κ2) is 5.49. The molecule has 5 nitrogen and oxygen atoms in total. The number of likely N-dealkylation sites (tertiary alicyclic amines) is 1. The lowest BCUT2D eigenvalue weighted by Crippen LogP contribution is -2.58. The van der Waals surface area contributed by atoms with Gasteiger partial charge in [-0.15, -0.1) is 0 Å². The van der Waals surface area contributed by atoms with E-state index in [0.29, 0.717) is 4.90 Å². The van der Waals surface area contributed by atoms with Crippen LogP contribution in [0.3, 0.4) is 0 Å². The Morgan fingerprint density at radius 1 is 1.41 bits per heavy atom. The van der Waals surface area contributed by atoms with Crippen molar-refractivity contribution in [2.75, 3.05) is 25.0 Å². The van der Waals surface area contributed by atoms with Crippen molar-refractivity contribution in [2.45, 2.75) is 24.6 Å². The second-order valence-electron chi connectivity index (χ2n) is 5.46. The zero-order valence-electron chi connectivity index (χ0n) is 11.9. The van der Waals surface area contributed by atoms with E-state index in [2.05, 4.69) is 5.10 Å². The summed E-state index contributed by atoms with van der Waals surface area (Å²) in [6.07, 6.45) is -3.73. The van der Waals surface area contributed by atoms with Gasteiger partial charge in [0.05, 0.1) is 24.5 Å². The number of likely N-dealkylation sites (N-methyl/N-ethyl adjacent to an activating group) is 1. The third-order valence-electron chi connectivity index (χ3n) is 3.35. The maximum Gasteiger partial charge on any atom is 0.471 e. The fourth-order valence-electron chi connectivity index (χ4n) is 2.63. The van der Waals surface area contributed by atoms with Gasteiger partial charge in [-0.2, -0.15) is 18.3 Å². The van der Waals surface area contributed by atoms with Gasteiger partial charge in [-0.3, -0.25) is 19.3 Å². The third-order valence-corrected chi connectivity index (χ3v) is 3.35. The van der Waals surface area contributed by atoms with Crippen LogP contribution >= 0.6 is 0 Å². The number of halogens is 5. The van der Waals surface area contributed by atoms with Gasteiger partial charge in [0, 0.05) is 26.2 Å². The molecule has 1 aliphatic rings. The van der Waals surface area contributed by atoms with Crippen molar-refractivity contribution >= 4 is 11.6 Å². The zero-order valence-corrected chi connectivity index (χ0v) is 11.9. The number of amides is 1. The molecule has 1 amide bonds. The molecule has 0 aromatic carbocycles. The molecule has 1 aromatic heterocycles. The summed E-state index contributed by atoms with van der Waals surface area (Å²) in [5, 5.41) is 3.71. The van der Waals surface area contributed by atoms with Gasteiger partial charge in [0.15, 0.2) is 0 Å². The largest absolute Gasteiger partial charge is 0.471 e. The topological polar surface area (TPSA) is 41.4 Å². The summed E-state index contributed by atoms with van der Waals surface area (Å²) in [5.41, 5.74) is -0.152. The number of alkyl halides is 5. The lowest BCUT2D eigenvalue weighted by Gasteiger charge is -2.40. The van der Waals surface area contributed by atoms with Crippen molar-refractivity contribution in [3.8, 4) is 0 Å². The predicted molar refractivity (Wildman–Crippen MR) is 67.6 cm³/mol. The molecule has 2 heterocycles. The Balaban J connectivity index is 2.38. The van der Waals surface area contributed by atoms with Gasteiger partial charge in [0.2, 0.25) is 0 Å². The van der Waals surface area contributed by atoms with E-state index < -0.39 is 37.0 Å². The second-order valence-corrected chi connectivity index (χ2v) is 5.46. The van der Waals surface area contributed by atoms with Crippen LogP contribution in [-0.2, 0) is 11.8 Å². The normalized spacial score (nSPS) is 22.6. The number of rotatable bonds is 2. The number of carbonyl (C=O) groups is 1. The van der Waals surface area contributed by atoms with Crippen molar-refractivity contribution in [3.63, 3.8) is 0 Å². The first-order valence-electron chi connectivity index (χ1n) is 6.45. The Morgan fingerprint density at radius 3 is 2.50 bits per heavy atom. The standard InChI is InChI=1S/C12H15F5N4O/c1-19-5-8(3-11(13,14)7-19)21(10(22)12(15,16)17)9-4-18-20(2)6-9/h4,6,8H,3,5,7H2,1-2H3. The molecule has 0 N–H and O–H groups in total. The van der Waals surface area contributed by atoms with Crippen LogP contribution in [0, 0.1) is 0 Å². The Hall–Kier alpha value is -1.71. The first kappa shape index (κ1) is 16.7. The molecule has 1 fully saturated rings. The number of piperidine rings is 1. The SMILES string of the molecule is CN1CC(N(C(=O)C(F)(F)F)c2cnn(C)c2)CC(F)(F)C1.